The maximum Gasteiger partial charge on any atom is 0.278 e. The van der Waals surface area contributed by atoms with E-state index < -0.39 is 5.82 Å². The fourth-order valence-electron chi connectivity index (χ4n) is 2.85. The van der Waals surface area contributed by atoms with E-state index in [1.165, 1.54) is 4.90 Å². The summed E-state index contributed by atoms with van der Waals surface area (Å²) in [6.45, 7) is 1.09. The van der Waals surface area contributed by atoms with Gasteiger partial charge < -0.3 is 10.1 Å². The predicted octanol–water partition coefficient (Wildman–Crippen LogP) is 2.09. The number of anilines is 2. The van der Waals surface area contributed by atoms with Crippen molar-refractivity contribution in [2.24, 2.45) is 0 Å². The summed E-state index contributed by atoms with van der Waals surface area (Å²) in [5, 5.41) is 7.07. The molecule has 0 atom stereocenters. The molecule has 0 spiro atoms. The largest absolute Gasteiger partial charge is 0.487 e. The van der Waals surface area contributed by atoms with Crippen LogP contribution in [0.25, 0.3) is 0 Å². The first-order chi connectivity index (χ1) is 13.2. The highest BCUT2D eigenvalue weighted by Crippen LogP contribution is 2.21. The van der Waals surface area contributed by atoms with Gasteiger partial charge in [0.05, 0.1) is 12.7 Å². The van der Waals surface area contributed by atoms with Gasteiger partial charge in [-0.2, -0.15) is 10.1 Å². The smallest absolute Gasteiger partial charge is 0.278 e. The van der Waals surface area contributed by atoms with Gasteiger partial charge in [0, 0.05) is 13.6 Å². The summed E-state index contributed by atoms with van der Waals surface area (Å²) in [5.41, 5.74) is 1.08. The zero-order valence-corrected chi connectivity index (χ0v) is 14.6. The van der Waals surface area contributed by atoms with Crippen molar-refractivity contribution in [3.05, 3.63) is 59.8 Å². The van der Waals surface area contributed by atoms with Gasteiger partial charge in [0.1, 0.15) is 23.7 Å². The molecule has 0 fully saturated rings. The minimum absolute atomic E-state index is 0.0452. The van der Waals surface area contributed by atoms with E-state index >= 15 is 0 Å². The van der Waals surface area contributed by atoms with Gasteiger partial charge in [0.15, 0.2) is 11.6 Å². The molecule has 27 heavy (non-hydrogen) atoms. The zero-order chi connectivity index (χ0) is 18.8. The molecular formula is C18H17FN6O2. The number of halogens is 1. The minimum Gasteiger partial charge on any atom is -0.487 e. The Morgan fingerprint density at radius 3 is 2.85 bits per heavy atom. The zero-order valence-electron chi connectivity index (χ0n) is 14.6. The van der Waals surface area contributed by atoms with Gasteiger partial charge in [0.25, 0.3) is 5.91 Å². The molecule has 1 amide bonds. The average molecular weight is 368 g/mol. The summed E-state index contributed by atoms with van der Waals surface area (Å²) in [5.74, 6) is 0.0734. The fraction of sp³-hybridized carbons (Fsp3) is 0.222. The molecule has 0 radical (unpaired) electrons. The van der Waals surface area contributed by atoms with Crippen LogP contribution in [-0.2, 0) is 13.2 Å². The monoisotopic (exact) mass is 368 g/mol. The second-order valence-corrected chi connectivity index (χ2v) is 5.92. The normalized spacial score (nSPS) is 13.4. The third-order valence-electron chi connectivity index (χ3n) is 4.17. The maximum absolute atomic E-state index is 13.6. The molecule has 1 aliphatic heterocycles. The lowest BCUT2D eigenvalue weighted by Gasteiger charge is -2.25. The number of amides is 1. The third-order valence-corrected chi connectivity index (χ3v) is 4.17. The van der Waals surface area contributed by atoms with Crippen molar-refractivity contribution in [1.29, 1.82) is 0 Å². The Balaban J connectivity index is 1.53. The number of carbonyl (C=O) groups excluding carboxylic acids is 1. The van der Waals surface area contributed by atoms with Gasteiger partial charge in [0.2, 0.25) is 5.95 Å². The number of benzene rings is 1. The molecule has 3 aromatic rings. The molecular weight excluding hydrogens is 351 g/mol. The lowest BCUT2D eigenvalue weighted by atomic mass is 10.2. The number of ether oxygens (including phenoxy) is 1. The van der Waals surface area contributed by atoms with Crippen molar-refractivity contribution < 1.29 is 13.9 Å². The molecule has 2 aromatic heterocycles. The molecule has 1 N–H and O–H groups in total. The van der Waals surface area contributed by atoms with E-state index in [0.717, 1.165) is 11.9 Å². The Morgan fingerprint density at radius 1 is 1.26 bits per heavy atom. The SMILES string of the molecule is CNc1nc(N2CCn3nc(COc4ccccc4)cc3C2=O)ncc1F. The number of para-hydroxylation sites is 1. The molecule has 0 unspecified atom stereocenters. The Labute approximate surface area is 154 Å². The summed E-state index contributed by atoms with van der Waals surface area (Å²) in [4.78, 5) is 22.3. The van der Waals surface area contributed by atoms with Crippen LogP contribution in [0.1, 0.15) is 16.2 Å². The van der Waals surface area contributed by atoms with E-state index in [9.17, 15) is 9.18 Å². The van der Waals surface area contributed by atoms with Gasteiger partial charge in [-0.15, -0.1) is 0 Å². The van der Waals surface area contributed by atoms with E-state index in [1.807, 2.05) is 30.3 Å². The van der Waals surface area contributed by atoms with Crippen LogP contribution in [0.2, 0.25) is 0 Å². The number of nitrogens with zero attached hydrogens (tertiary/aromatic N) is 5. The second-order valence-electron chi connectivity index (χ2n) is 5.92. The number of rotatable bonds is 5. The van der Waals surface area contributed by atoms with Crippen molar-refractivity contribution in [2.75, 3.05) is 23.8 Å². The van der Waals surface area contributed by atoms with Crippen LogP contribution >= 0.6 is 0 Å². The number of aromatic nitrogens is 4. The number of hydrogen-bond donors (Lipinski definition) is 1. The average Bonchev–Trinajstić information content (AvgIpc) is 3.12. The third kappa shape index (κ3) is 3.31. The summed E-state index contributed by atoms with van der Waals surface area (Å²) >= 11 is 0. The highest BCUT2D eigenvalue weighted by atomic mass is 19.1. The van der Waals surface area contributed by atoms with Crippen molar-refractivity contribution in [2.45, 2.75) is 13.2 Å². The molecule has 3 heterocycles. The molecule has 0 aliphatic carbocycles. The van der Waals surface area contributed by atoms with Crippen LogP contribution in [0.3, 0.4) is 0 Å². The molecule has 0 bridgehead atoms. The first-order valence-corrected chi connectivity index (χ1v) is 8.42. The summed E-state index contributed by atoms with van der Waals surface area (Å²) < 4.78 is 20.9. The van der Waals surface area contributed by atoms with Crippen molar-refractivity contribution >= 4 is 17.7 Å². The van der Waals surface area contributed by atoms with Crippen molar-refractivity contribution in [3.63, 3.8) is 0 Å². The van der Waals surface area contributed by atoms with E-state index in [2.05, 4.69) is 20.4 Å². The molecule has 0 saturated heterocycles. The Kier molecular flexibility index (Phi) is 4.41. The lowest BCUT2D eigenvalue weighted by molar-refractivity contribution is 0.0960. The van der Waals surface area contributed by atoms with Crippen LogP contribution in [0, 0.1) is 5.82 Å². The standard InChI is InChI=1S/C18H17FN6O2/c1-20-16-14(19)10-21-18(22-16)24-7-8-25-15(17(24)26)9-12(23-25)11-27-13-5-3-2-4-6-13/h2-6,9-10H,7-8,11H2,1H3,(H,20,21,22). The first kappa shape index (κ1) is 17.0. The summed E-state index contributed by atoms with van der Waals surface area (Å²) in [7, 11) is 1.56. The van der Waals surface area contributed by atoms with E-state index in [-0.39, 0.29) is 24.3 Å². The van der Waals surface area contributed by atoms with Crippen LogP contribution < -0.4 is 15.0 Å². The highest BCUT2D eigenvalue weighted by Gasteiger charge is 2.29. The molecule has 138 valence electrons. The van der Waals surface area contributed by atoms with Gasteiger partial charge in [-0.25, -0.2) is 9.37 Å². The molecule has 9 heteroatoms. The number of carbonyl (C=O) groups is 1. The van der Waals surface area contributed by atoms with Gasteiger partial charge >= 0.3 is 0 Å². The number of nitrogens with one attached hydrogen (secondary N) is 1. The van der Waals surface area contributed by atoms with E-state index in [1.54, 1.807) is 17.8 Å². The van der Waals surface area contributed by atoms with Gasteiger partial charge in [-0.1, -0.05) is 18.2 Å². The van der Waals surface area contributed by atoms with Gasteiger partial charge in [-0.3, -0.25) is 14.4 Å². The predicted molar refractivity (Wildman–Crippen MR) is 96.2 cm³/mol. The lowest BCUT2D eigenvalue weighted by Crippen LogP contribution is -2.41. The van der Waals surface area contributed by atoms with Crippen LogP contribution in [0.15, 0.2) is 42.6 Å². The molecule has 1 aliphatic rings. The van der Waals surface area contributed by atoms with Crippen molar-refractivity contribution in [3.8, 4) is 5.75 Å². The molecule has 8 nitrogen and oxygen atoms in total. The number of fused-ring (bicyclic) bond motifs is 1. The highest BCUT2D eigenvalue weighted by molar-refractivity contribution is 6.04. The fourth-order valence-corrected chi connectivity index (χ4v) is 2.85. The van der Waals surface area contributed by atoms with Crippen LogP contribution in [0.5, 0.6) is 5.75 Å². The van der Waals surface area contributed by atoms with Crippen molar-refractivity contribution in [1.82, 2.24) is 19.7 Å². The van der Waals surface area contributed by atoms with Gasteiger partial charge in [-0.05, 0) is 18.2 Å². The first-order valence-electron chi connectivity index (χ1n) is 8.42. The van der Waals surface area contributed by atoms with Crippen LogP contribution in [0.4, 0.5) is 16.2 Å². The molecule has 1 aromatic carbocycles. The Morgan fingerprint density at radius 2 is 2.07 bits per heavy atom. The van der Waals surface area contributed by atoms with E-state index in [0.29, 0.717) is 24.5 Å². The second kappa shape index (κ2) is 7.02. The topological polar surface area (TPSA) is 85.2 Å². The summed E-state index contributed by atoms with van der Waals surface area (Å²) in [6, 6.07) is 11.1. The quantitative estimate of drug-likeness (QED) is 0.742. The Hall–Kier alpha value is -3.49. The molecule has 0 saturated carbocycles. The Bertz CT molecular complexity index is 975. The van der Waals surface area contributed by atoms with Crippen LogP contribution in [-0.4, -0.2) is 39.2 Å². The minimum atomic E-state index is -0.573. The number of hydrogen-bond acceptors (Lipinski definition) is 6. The molecule has 4 rings (SSSR count). The maximum atomic E-state index is 13.6. The van der Waals surface area contributed by atoms with E-state index in [4.69, 9.17) is 4.74 Å². The summed E-state index contributed by atoms with van der Waals surface area (Å²) in [6.07, 6.45) is 1.05.